The number of hydrogen-bond donors (Lipinski definition) is 2. The number of phenolic OH excluding ortho intramolecular Hbond substituents is 1. The van der Waals surface area contributed by atoms with Crippen LogP contribution in [0.1, 0.15) is 18.9 Å². The molecule has 1 fully saturated rings. The minimum Gasteiger partial charge on any atom is -0.508 e. The largest absolute Gasteiger partial charge is 0.508 e. The topological polar surface area (TPSA) is 35.5 Å². The summed E-state index contributed by atoms with van der Waals surface area (Å²) in [5, 5.41) is 12.8. The molecule has 0 amide bonds. The van der Waals surface area contributed by atoms with E-state index in [1.807, 2.05) is 19.2 Å². The Kier molecular flexibility index (Phi) is 4.02. The highest BCUT2D eigenvalue weighted by Gasteiger charge is 2.24. The molecule has 0 radical (unpaired) electrons. The average molecular weight is 234 g/mol. The number of rotatable bonds is 3. The third kappa shape index (κ3) is 3.20. The molecule has 2 atom stereocenters. The molecule has 1 aromatic carbocycles. The van der Waals surface area contributed by atoms with Crippen LogP contribution in [0, 0.1) is 5.92 Å². The summed E-state index contributed by atoms with van der Waals surface area (Å²) in [6.45, 7) is 5.50. The third-order valence-electron chi connectivity index (χ3n) is 3.68. The number of nitrogens with one attached hydrogen (secondary N) is 1. The second-order valence-electron chi connectivity index (χ2n) is 5.07. The lowest BCUT2D eigenvalue weighted by Crippen LogP contribution is -2.46. The Labute approximate surface area is 103 Å². The number of aromatic hydroxyl groups is 1. The summed E-state index contributed by atoms with van der Waals surface area (Å²) in [5.41, 5.74) is 1.19. The van der Waals surface area contributed by atoms with E-state index in [1.165, 1.54) is 12.0 Å². The third-order valence-corrected chi connectivity index (χ3v) is 3.68. The molecule has 2 unspecified atom stereocenters. The lowest BCUT2D eigenvalue weighted by atomic mass is 9.94. The highest BCUT2D eigenvalue weighted by atomic mass is 16.3. The van der Waals surface area contributed by atoms with Gasteiger partial charge in [-0.25, -0.2) is 0 Å². The van der Waals surface area contributed by atoms with E-state index >= 15 is 0 Å². The molecule has 2 rings (SSSR count). The summed E-state index contributed by atoms with van der Waals surface area (Å²) in [4.78, 5) is 2.47. The molecule has 3 heteroatoms. The summed E-state index contributed by atoms with van der Waals surface area (Å²) < 4.78 is 0. The van der Waals surface area contributed by atoms with E-state index < -0.39 is 0 Å². The van der Waals surface area contributed by atoms with Crippen molar-refractivity contribution >= 4 is 0 Å². The van der Waals surface area contributed by atoms with Crippen molar-refractivity contribution in [3.63, 3.8) is 0 Å². The quantitative estimate of drug-likeness (QED) is 0.837. The second kappa shape index (κ2) is 5.52. The van der Waals surface area contributed by atoms with Gasteiger partial charge in [-0.15, -0.1) is 0 Å². The van der Waals surface area contributed by atoms with Gasteiger partial charge in [-0.05, 0) is 43.6 Å². The van der Waals surface area contributed by atoms with Gasteiger partial charge in [-0.3, -0.25) is 4.90 Å². The predicted octanol–water partition coefficient (Wildman–Crippen LogP) is 1.82. The van der Waals surface area contributed by atoms with Crippen molar-refractivity contribution in [2.75, 3.05) is 20.1 Å². The standard InChI is InChI=1S/C14H22N2O/c1-11-9-16(7-6-14(11)15-2)10-12-4-3-5-13(17)8-12/h3-5,8,11,14-15,17H,6-7,9-10H2,1-2H3. The zero-order valence-electron chi connectivity index (χ0n) is 10.7. The lowest BCUT2D eigenvalue weighted by Gasteiger charge is -2.36. The summed E-state index contributed by atoms with van der Waals surface area (Å²) >= 11 is 0. The van der Waals surface area contributed by atoms with Crippen LogP contribution in [0.4, 0.5) is 0 Å². The first-order valence-corrected chi connectivity index (χ1v) is 6.36. The number of nitrogens with zero attached hydrogens (tertiary/aromatic N) is 1. The molecule has 0 spiro atoms. The van der Waals surface area contributed by atoms with Gasteiger partial charge in [-0.1, -0.05) is 19.1 Å². The van der Waals surface area contributed by atoms with Crippen molar-refractivity contribution in [1.29, 1.82) is 0 Å². The molecule has 0 saturated carbocycles. The van der Waals surface area contributed by atoms with Crippen LogP contribution < -0.4 is 5.32 Å². The average Bonchev–Trinajstić information content (AvgIpc) is 2.29. The van der Waals surface area contributed by atoms with Crippen molar-refractivity contribution < 1.29 is 5.11 Å². The van der Waals surface area contributed by atoms with Gasteiger partial charge in [0.1, 0.15) is 5.75 Å². The molecule has 1 saturated heterocycles. The zero-order chi connectivity index (χ0) is 12.3. The van der Waals surface area contributed by atoms with Crippen molar-refractivity contribution in [2.45, 2.75) is 25.9 Å². The number of likely N-dealkylation sites (tertiary alicyclic amines) is 1. The van der Waals surface area contributed by atoms with E-state index in [4.69, 9.17) is 0 Å². The summed E-state index contributed by atoms with van der Waals surface area (Å²) in [6, 6.07) is 8.22. The highest BCUT2D eigenvalue weighted by molar-refractivity contribution is 5.27. The Morgan fingerprint density at radius 1 is 1.47 bits per heavy atom. The summed E-state index contributed by atoms with van der Waals surface area (Å²) in [5.74, 6) is 1.05. The minimum absolute atomic E-state index is 0.362. The second-order valence-corrected chi connectivity index (χ2v) is 5.07. The van der Waals surface area contributed by atoms with Gasteiger partial charge in [0.05, 0.1) is 0 Å². The van der Waals surface area contributed by atoms with E-state index in [2.05, 4.69) is 23.2 Å². The van der Waals surface area contributed by atoms with Gasteiger partial charge in [0.2, 0.25) is 0 Å². The molecule has 94 valence electrons. The SMILES string of the molecule is CNC1CCN(Cc2cccc(O)c2)CC1C. The number of piperidine rings is 1. The van der Waals surface area contributed by atoms with E-state index in [9.17, 15) is 5.11 Å². The fourth-order valence-electron chi connectivity index (χ4n) is 2.72. The molecule has 1 heterocycles. The maximum absolute atomic E-state index is 9.45. The van der Waals surface area contributed by atoms with Gasteiger partial charge in [0.15, 0.2) is 0 Å². The zero-order valence-corrected chi connectivity index (χ0v) is 10.7. The monoisotopic (exact) mass is 234 g/mol. The van der Waals surface area contributed by atoms with Crippen LogP contribution in [-0.2, 0) is 6.54 Å². The van der Waals surface area contributed by atoms with Gasteiger partial charge >= 0.3 is 0 Å². The van der Waals surface area contributed by atoms with E-state index in [0.29, 0.717) is 17.7 Å². The number of hydrogen-bond acceptors (Lipinski definition) is 3. The predicted molar refractivity (Wildman–Crippen MR) is 70.0 cm³/mol. The molecule has 17 heavy (non-hydrogen) atoms. The normalized spacial score (nSPS) is 26.0. The molecule has 0 aliphatic carbocycles. The van der Waals surface area contributed by atoms with Gasteiger partial charge < -0.3 is 10.4 Å². The molecular weight excluding hydrogens is 212 g/mol. The minimum atomic E-state index is 0.362. The molecule has 1 aromatic rings. The first kappa shape index (κ1) is 12.4. The molecule has 1 aliphatic rings. The molecule has 0 bridgehead atoms. The first-order valence-electron chi connectivity index (χ1n) is 6.36. The molecule has 3 nitrogen and oxygen atoms in total. The summed E-state index contributed by atoms with van der Waals surface area (Å²) in [6.07, 6.45) is 1.20. The number of phenols is 1. The van der Waals surface area contributed by atoms with Crippen LogP contribution in [0.15, 0.2) is 24.3 Å². The Morgan fingerprint density at radius 3 is 2.94 bits per heavy atom. The Hall–Kier alpha value is -1.06. The Morgan fingerprint density at radius 2 is 2.29 bits per heavy atom. The van der Waals surface area contributed by atoms with E-state index in [1.54, 1.807) is 6.07 Å². The lowest BCUT2D eigenvalue weighted by molar-refractivity contribution is 0.145. The van der Waals surface area contributed by atoms with Gasteiger partial charge in [0.25, 0.3) is 0 Å². The van der Waals surface area contributed by atoms with Crippen molar-refractivity contribution in [1.82, 2.24) is 10.2 Å². The van der Waals surface area contributed by atoms with Crippen LogP contribution in [-0.4, -0.2) is 36.2 Å². The van der Waals surface area contributed by atoms with Gasteiger partial charge in [0, 0.05) is 19.1 Å². The Bertz CT molecular complexity index is 367. The van der Waals surface area contributed by atoms with Crippen molar-refractivity contribution in [3.05, 3.63) is 29.8 Å². The summed E-state index contributed by atoms with van der Waals surface area (Å²) in [7, 11) is 2.05. The smallest absolute Gasteiger partial charge is 0.115 e. The van der Waals surface area contributed by atoms with Crippen LogP contribution in [0.2, 0.25) is 0 Å². The fraction of sp³-hybridized carbons (Fsp3) is 0.571. The molecule has 0 aromatic heterocycles. The maximum atomic E-state index is 9.45. The van der Waals surface area contributed by atoms with Crippen LogP contribution >= 0.6 is 0 Å². The molecule has 2 N–H and O–H groups in total. The molecule has 1 aliphatic heterocycles. The maximum Gasteiger partial charge on any atom is 0.115 e. The fourth-order valence-corrected chi connectivity index (χ4v) is 2.72. The van der Waals surface area contributed by atoms with Crippen LogP contribution in [0.5, 0.6) is 5.75 Å². The van der Waals surface area contributed by atoms with Crippen LogP contribution in [0.3, 0.4) is 0 Å². The van der Waals surface area contributed by atoms with E-state index in [-0.39, 0.29) is 0 Å². The van der Waals surface area contributed by atoms with Crippen molar-refractivity contribution in [2.24, 2.45) is 5.92 Å². The van der Waals surface area contributed by atoms with Gasteiger partial charge in [-0.2, -0.15) is 0 Å². The number of benzene rings is 1. The first-order chi connectivity index (χ1) is 8.19. The van der Waals surface area contributed by atoms with Crippen molar-refractivity contribution in [3.8, 4) is 5.75 Å². The Balaban J connectivity index is 1.93. The molecular formula is C14H22N2O. The van der Waals surface area contributed by atoms with Crippen LogP contribution in [0.25, 0.3) is 0 Å². The highest BCUT2D eigenvalue weighted by Crippen LogP contribution is 2.19. The van der Waals surface area contributed by atoms with E-state index in [0.717, 1.165) is 19.6 Å².